The standard InChI is InChI=1S/C13H28O2Si2.CH4/c1-17(2)13(8-4-6-10-15-13)11-12(16)7-3-5-9-14-12;/h17H,3-11H2,1-2,16H3;1H4. The third kappa shape index (κ3) is 3.68. The average Bonchev–Trinajstić information content (AvgIpc) is 2.30. The van der Waals surface area contributed by atoms with Crippen LogP contribution in [0.4, 0.5) is 0 Å². The lowest BCUT2D eigenvalue weighted by molar-refractivity contribution is -0.0942. The number of rotatable bonds is 3. The first-order valence-electron chi connectivity index (χ1n) is 7.34. The second kappa shape index (κ2) is 6.68. The lowest BCUT2D eigenvalue weighted by Gasteiger charge is -2.47. The summed E-state index contributed by atoms with van der Waals surface area (Å²) < 4.78 is 12.4. The monoisotopic (exact) mass is 288 g/mol. The van der Waals surface area contributed by atoms with Crippen molar-refractivity contribution in [3.63, 3.8) is 0 Å². The van der Waals surface area contributed by atoms with Gasteiger partial charge < -0.3 is 9.47 Å². The Morgan fingerprint density at radius 2 is 1.61 bits per heavy atom. The second-order valence-corrected chi connectivity index (χ2v) is 11.6. The predicted molar refractivity (Wildman–Crippen MR) is 85.2 cm³/mol. The first-order chi connectivity index (χ1) is 8.06. The van der Waals surface area contributed by atoms with E-state index in [4.69, 9.17) is 9.47 Å². The molecule has 2 rings (SSSR count). The molecular formula is C14H32O2Si2. The summed E-state index contributed by atoms with van der Waals surface area (Å²) in [6.07, 6.45) is 9.03. The molecule has 18 heavy (non-hydrogen) atoms. The van der Waals surface area contributed by atoms with E-state index in [0.29, 0.717) is 0 Å². The van der Waals surface area contributed by atoms with Crippen LogP contribution in [0.15, 0.2) is 0 Å². The van der Waals surface area contributed by atoms with E-state index in [-0.39, 0.29) is 17.9 Å². The van der Waals surface area contributed by atoms with E-state index in [2.05, 4.69) is 13.1 Å². The Kier molecular flexibility index (Phi) is 6.09. The van der Waals surface area contributed by atoms with Gasteiger partial charge in [0.15, 0.2) is 0 Å². The molecule has 108 valence electrons. The van der Waals surface area contributed by atoms with Gasteiger partial charge in [0.05, 0.1) is 19.2 Å². The normalized spacial score (nSPS) is 37.5. The van der Waals surface area contributed by atoms with Gasteiger partial charge in [-0.2, -0.15) is 0 Å². The Morgan fingerprint density at radius 3 is 2.06 bits per heavy atom. The summed E-state index contributed by atoms with van der Waals surface area (Å²) in [7, 11) is 0.380. The summed E-state index contributed by atoms with van der Waals surface area (Å²) >= 11 is 0. The first kappa shape index (κ1) is 16.4. The molecule has 0 aliphatic carbocycles. The molecule has 4 heteroatoms. The molecule has 0 aromatic heterocycles. The second-order valence-electron chi connectivity index (χ2n) is 6.46. The molecule has 2 atom stereocenters. The topological polar surface area (TPSA) is 18.5 Å². The zero-order valence-electron chi connectivity index (χ0n) is 11.8. The molecule has 0 saturated carbocycles. The zero-order valence-corrected chi connectivity index (χ0v) is 14.9. The minimum atomic E-state index is -0.782. The van der Waals surface area contributed by atoms with Crippen LogP contribution in [-0.2, 0) is 9.47 Å². The molecule has 0 N–H and O–H groups in total. The fourth-order valence-electron chi connectivity index (χ4n) is 3.44. The summed E-state index contributed by atoms with van der Waals surface area (Å²) in [5, 5.41) is 0.476. The number of hydrogen-bond donors (Lipinski definition) is 0. The zero-order chi connectivity index (χ0) is 12.4. The Hall–Kier alpha value is 0.354. The van der Waals surface area contributed by atoms with E-state index in [1.54, 1.807) is 0 Å². The van der Waals surface area contributed by atoms with Gasteiger partial charge in [-0.05, 0) is 44.9 Å². The fraction of sp³-hybridized carbons (Fsp3) is 1.00. The van der Waals surface area contributed by atoms with Gasteiger partial charge in [-0.1, -0.05) is 20.5 Å². The van der Waals surface area contributed by atoms with E-state index < -0.39 is 8.80 Å². The number of ether oxygens (including phenoxy) is 2. The van der Waals surface area contributed by atoms with Crippen molar-refractivity contribution in [1.29, 1.82) is 0 Å². The highest BCUT2D eigenvalue weighted by molar-refractivity contribution is 6.59. The van der Waals surface area contributed by atoms with Gasteiger partial charge in [0.1, 0.15) is 0 Å². The molecule has 2 fully saturated rings. The van der Waals surface area contributed by atoms with Gasteiger partial charge in [-0.25, -0.2) is 0 Å². The van der Waals surface area contributed by atoms with Crippen molar-refractivity contribution in [1.82, 2.24) is 0 Å². The molecule has 2 heterocycles. The summed E-state index contributed by atoms with van der Waals surface area (Å²) in [6, 6.07) is 0. The smallest absolute Gasteiger partial charge is 0.0696 e. The van der Waals surface area contributed by atoms with Crippen molar-refractivity contribution in [2.75, 3.05) is 13.2 Å². The predicted octanol–water partition coefficient (Wildman–Crippen LogP) is 2.24. The van der Waals surface area contributed by atoms with E-state index >= 15 is 0 Å². The molecule has 0 amide bonds. The van der Waals surface area contributed by atoms with Crippen LogP contribution >= 0.6 is 0 Å². The van der Waals surface area contributed by atoms with Crippen LogP contribution in [-0.4, -0.2) is 42.7 Å². The van der Waals surface area contributed by atoms with Crippen molar-refractivity contribution < 1.29 is 9.47 Å². The van der Waals surface area contributed by atoms with Crippen molar-refractivity contribution in [2.45, 2.75) is 75.9 Å². The maximum absolute atomic E-state index is 6.30. The minimum absolute atomic E-state index is 0. The Labute approximate surface area is 118 Å². The summed E-state index contributed by atoms with van der Waals surface area (Å²) in [5.74, 6) is 0. The van der Waals surface area contributed by atoms with Crippen LogP contribution < -0.4 is 0 Å². The largest absolute Gasteiger partial charge is 0.379 e. The average molecular weight is 289 g/mol. The van der Waals surface area contributed by atoms with Gasteiger partial charge >= 0.3 is 0 Å². The molecule has 0 spiro atoms. The van der Waals surface area contributed by atoms with Crippen LogP contribution in [0.2, 0.25) is 13.1 Å². The third-order valence-corrected chi connectivity index (χ3v) is 8.57. The van der Waals surface area contributed by atoms with Crippen molar-refractivity contribution in [3.05, 3.63) is 0 Å². The van der Waals surface area contributed by atoms with E-state index in [0.717, 1.165) is 23.5 Å². The highest BCUT2D eigenvalue weighted by atomic mass is 28.3. The maximum atomic E-state index is 6.30. The molecular weight excluding hydrogens is 256 g/mol. The molecule has 2 aliphatic heterocycles. The van der Waals surface area contributed by atoms with E-state index in [1.165, 1.54) is 44.9 Å². The minimum Gasteiger partial charge on any atom is -0.379 e. The van der Waals surface area contributed by atoms with Crippen LogP contribution in [0.1, 0.15) is 52.4 Å². The molecule has 0 aromatic rings. The third-order valence-electron chi connectivity index (χ3n) is 4.66. The van der Waals surface area contributed by atoms with Gasteiger partial charge in [-0.15, -0.1) is 0 Å². The SMILES string of the molecule is C.C[SiH](C)C1(CC2([SiH3])CCCCO2)CCCCO1. The summed E-state index contributed by atoms with van der Waals surface area (Å²) in [4.78, 5) is 0. The van der Waals surface area contributed by atoms with Crippen molar-refractivity contribution in [3.8, 4) is 0 Å². The van der Waals surface area contributed by atoms with Crippen LogP contribution in [0.5, 0.6) is 0 Å². The van der Waals surface area contributed by atoms with Gasteiger partial charge in [0.2, 0.25) is 0 Å². The van der Waals surface area contributed by atoms with Gasteiger partial charge in [0.25, 0.3) is 0 Å². The molecule has 2 unspecified atom stereocenters. The Morgan fingerprint density at radius 1 is 1.00 bits per heavy atom. The van der Waals surface area contributed by atoms with Crippen molar-refractivity contribution >= 4 is 19.0 Å². The maximum Gasteiger partial charge on any atom is 0.0696 e. The van der Waals surface area contributed by atoms with Crippen LogP contribution in [0, 0.1) is 0 Å². The van der Waals surface area contributed by atoms with E-state index in [9.17, 15) is 0 Å². The van der Waals surface area contributed by atoms with Crippen molar-refractivity contribution in [2.24, 2.45) is 0 Å². The molecule has 2 saturated heterocycles. The van der Waals surface area contributed by atoms with Crippen LogP contribution in [0.3, 0.4) is 0 Å². The lowest BCUT2D eigenvalue weighted by atomic mass is 9.97. The van der Waals surface area contributed by atoms with E-state index in [1.807, 2.05) is 0 Å². The fourth-order valence-corrected chi connectivity index (χ4v) is 7.07. The highest BCUT2D eigenvalue weighted by Crippen LogP contribution is 2.38. The van der Waals surface area contributed by atoms with Gasteiger partial charge in [0, 0.05) is 23.5 Å². The molecule has 0 aromatic carbocycles. The van der Waals surface area contributed by atoms with Gasteiger partial charge in [-0.3, -0.25) is 0 Å². The Balaban J connectivity index is 0.00000162. The highest BCUT2D eigenvalue weighted by Gasteiger charge is 2.44. The van der Waals surface area contributed by atoms with Crippen LogP contribution in [0.25, 0.3) is 0 Å². The Bertz CT molecular complexity index is 244. The summed E-state index contributed by atoms with van der Waals surface area (Å²) in [6.45, 7) is 6.89. The summed E-state index contributed by atoms with van der Waals surface area (Å²) in [5.41, 5.74) is 0. The quantitative estimate of drug-likeness (QED) is 0.742. The molecule has 2 nitrogen and oxygen atoms in total. The molecule has 2 aliphatic rings. The first-order valence-corrected chi connectivity index (χ1v) is 11.2. The molecule has 0 bridgehead atoms. The molecule has 0 radical (unpaired) electrons. The number of hydrogen-bond acceptors (Lipinski definition) is 2. The lowest BCUT2D eigenvalue weighted by Crippen LogP contribution is -2.54.